The molecule has 1 aliphatic heterocycles. The fourth-order valence-corrected chi connectivity index (χ4v) is 3.89. The molecular formula is C25H26FN3O2. The highest BCUT2D eigenvalue weighted by Gasteiger charge is 2.28. The average molecular weight is 420 g/mol. The van der Waals surface area contributed by atoms with Gasteiger partial charge in [0.25, 0.3) is 0 Å². The van der Waals surface area contributed by atoms with Crippen LogP contribution in [0.2, 0.25) is 0 Å². The van der Waals surface area contributed by atoms with Crippen molar-refractivity contribution in [3.05, 3.63) is 77.0 Å². The number of aryl methyl sites for hydroxylation is 3. The summed E-state index contributed by atoms with van der Waals surface area (Å²) in [5.74, 6) is 0.306. The highest BCUT2D eigenvalue weighted by Crippen LogP contribution is 2.39. The largest absolute Gasteiger partial charge is 0.487 e. The minimum absolute atomic E-state index is 0.00212. The number of halogens is 1. The smallest absolute Gasteiger partial charge is 0.220 e. The third-order valence-corrected chi connectivity index (χ3v) is 5.43. The molecule has 0 radical (unpaired) electrons. The van der Waals surface area contributed by atoms with Crippen molar-refractivity contribution in [3.8, 4) is 17.0 Å². The Morgan fingerprint density at radius 1 is 1.23 bits per heavy atom. The molecule has 0 spiro atoms. The third kappa shape index (κ3) is 5.08. The average Bonchev–Trinajstić information content (AvgIpc) is 3.17. The van der Waals surface area contributed by atoms with E-state index in [2.05, 4.69) is 27.4 Å². The van der Waals surface area contributed by atoms with Gasteiger partial charge in [-0.1, -0.05) is 30.3 Å². The SMILES string of the molecule is Cc1cnc(C)c(-c2cc(F)cc3c2O[C@H](CNC(=O)CCCc2ccccc2)C3)n1. The fraction of sp³-hybridized carbons (Fsp3) is 0.320. The van der Waals surface area contributed by atoms with Crippen molar-refractivity contribution in [2.45, 2.75) is 45.6 Å². The van der Waals surface area contributed by atoms with E-state index in [9.17, 15) is 9.18 Å². The molecule has 5 nitrogen and oxygen atoms in total. The maximum atomic E-state index is 14.3. The van der Waals surface area contributed by atoms with Gasteiger partial charge in [0, 0.05) is 30.2 Å². The number of benzene rings is 2. The van der Waals surface area contributed by atoms with Gasteiger partial charge in [0.15, 0.2) is 0 Å². The molecule has 31 heavy (non-hydrogen) atoms. The van der Waals surface area contributed by atoms with E-state index in [0.29, 0.717) is 36.4 Å². The van der Waals surface area contributed by atoms with Crippen LogP contribution in [0, 0.1) is 19.7 Å². The normalized spacial score (nSPS) is 14.7. The number of rotatable bonds is 7. The summed E-state index contributed by atoms with van der Waals surface area (Å²) in [5.41, 5.74) is 4.74. The number of aromatic nitrogens is 2. The zero-order valence-electron chi connectivity index (χ0n) is 17.8. The van der Waals surface area contributed by atoms with Crippen LogP contribution in [-0.2, 0) is 17.6 Å². The molecule has 0 saturated carbocycles. The number of nitrogens with zero attached hydrogens (tertiary/aromatic N) is 2. The summed E-state index contributed by atoms with van der Waals surface area (Å²) in [7, 11) is 0. The summed E-state index contributed by atoms with van der Waals surface area (Å²) >= 11 is 0. The molecule has 1 aromatic heterocycles. The van der Waals surface area contributed by atoms with Crippen molar-refractivity contribution in [1.29, 1.82) is 0 Å². The van der Waals surface area contributed by atoms with Crippen LogP contribution in [0.4, 0.5) is 4.39 Å². The monoisotopic (exact) mass is 419 g/mol. The maximum absolute atomic E-state index is 14.3. The molecule has 160 valence electrons. The molecule has 0 fully saturated rings. The molecule has 1 N–H and O–H groups in total. The Hall–Kier alpha value is -3.28. The first-order valence-electron chi connectivity index (χ1n) is 10.6. The molecule has 4 rings (SSSR count). The van der Waals surface area contributed by atoms with Gasteiger partial charge in [0.2, 0.25) is 5.91 Å². The quantitative estimate of drug-likeness (QED) is 0.619. The zero-order chi connectivity index (χ0) is 21.8. The molecule has 2 heterocycles. The number of fused-ring (bicyclic) bond motifs is 1. The lowest BCUT2D eigenvalue weighted by molar-refractivity contribution is -0.121. The van der Waals surface area contributed by atoms with Crippen molar-refractivity contribution in [3.63, 3.8) is 0 Å². The minimum atomic E-state index is -0.328. The van der Waals surface area contributed by atoms with Gasteiger partial charge < -0.3 is 10.1 Å². The molecule has 1 atom stereocenters. The molecule has 1 aliphatic rings. The summed E-state index contributed by atoms with van der Waals surface area (Å²) < 4.78 is 20.4. The standard InChI is InChI=1S/C25H26FN3O2/c1-16-14-27-17(2)24(29-16)22-13-20(26)11-19-12-21(31-25(19)22)15-28-23(30)10-6-9-18-7-4-3-5-8-18/h3-5,7-8,11,13-14,21H,6,9-10,12,15H2,1-2H3,(H,28,30)/t21-/m0/s1. The Morgan fingerprint density at radius 3 is 2.84 bits per heavy atom. The molecule has 6 heteroatoms. The highest BCUT2D eigenvalue weighted by molar-refractivity contribution is 5.76. The van der Waals surface area contributed by atoms with Crippen molar-refractivity contribution >= 4 is 5.91 Å². The van der Waals surface area contributed by atoms with Crippen molar-refractivity contribution in [1.82, 2.24) is 15.3 Å². The number of ether oxygens (including phenoxy) is 1. The van der Waals surface area contributed by atoms with Gasteiger partial charge in [-0.2, -0.15) is 0 Å². The predicted octanol–water partition coefficient (Wildman–Crippen LogP) is 4.34. The molecule has 0 unspecified atom stereocenters. The lowest BCUT2D eigenvalue weighted by Gasteiger charge is -2.14. The van der Waals surface area contributed by atoms with Crippen molar-refractivity contribution in [2.75, 3.05) is 6.54 Å². The van der Waals surface area contributed by atoms with Crippen LogP contribution >= 0.6 is 0 Å². The van der Waals surface area contributed by atoms with Gasteiger partial charge in [-0.25, -0.2) is 9.37 Å². The summed E-state index contributed by atoms with van der Waals surface area (Å²) in [4.78, 5) is 21.1. The lowest BCUT2D eigenvalue weighted by atomic mass is 10.0. The molecule has 0 bridgehead atoms. The number of nitrogens with one attached hydrogen (secondary N) is 1. The Kier molecular flexibility index (Phi) is 6.26. The number of hydrogen-bond acceptors (Lipinski definition) is 4. The Morgan fingerprint density at radius 2 is 2.03 bits per heavy atom. The van der Waals surface area contributed by atoms with Gasteiger partial charge in [0.05, 0.1) is 23.6 Å². The Balaban J connectivity index is 1.36. The van der Waals surface area contributed by atoms with Gasteiger partial charge in [-0.3, -0.25) is 9.78 Å². The third-order valence-electron chi connectivity index (χ3n) is 5.43. The lowest BCUT2D eigenvalue weighted by Crippen LogP contribution is -2.34. The Bertz CT molecular complexity index is 1090. The molecule has 0 saturated heterocycles. The Labute approximate surface area is 181 Å². The van der Waals surface area contributed by atoms with E-state index >= 15 is 0 Å². The summed E-state index contributed by atoms with van der Waals surface area (Å²) in [6, 6.07) is 13.1. The first-order valence-corrected chi connectivity index (χ1v) is 10.6. The maximum Gasteiger partial charge on any atom is 0.220 e. The molecule has 1 amide bonds. The van der Waals surface area contributed by atoms with E-state index < -0.39 is 0 Å². The van der Waals surface area contributed by atoms with Gasteiger partial charge >= 0.3 is 0 Å². The van der Waals surface area contributed by atoms with E-state index in [1.807, 2.05) is 32.0 Å². The van der Waals surface area contributed by atoms with Crippen molar-refractivity contribution < 1.29 is 13.9 Å². The van der Waals surface area contributed by atoms with E-state index in [0.717, 1.165) is 29.8 Å². The van der Waals surface area contributed by atoms with E-state index in [1.165, 1.54) is 17.7 Å². The molecule has 2 aromatic carbocycles. The highest BCUT2D eigenvalue weighted by atomic mass is 19.1. The van der Waals surface area contributed by atoms with E-state index in [1.54, 1.807) is 6.20 Å². The first kappa shape index (κ1) is 21.0. The van der Waals surface area contributed by atoms with E-state index in [-0.39, 0.29) is 17.8 Å². The van der Waals surface area contributed by atoms with Crippen LogP contribution in [0.5, 0.6) is 5.75 Å². The number of carbonyl (C=O) groups is 1. The van der Waals surface area contributed by atoms with Crippen molar-refractivity contribution in [2.24, 2.45) is 0 Å². The molecule has 3 aromatic rings. The van der Waals surface area contributed by atoms with Gasteiger partial charge in [0.1, 0.15) is 17.7 Å². The number of carbonyl (C=O) groups excluding carboxylic acids is 1. The zero-order valence-corrected chi connectivity index (χ0v) is 17.8. The van der Waals surface area contributed by atoms with Crippen LogP contribution in [0.1, 0.15) is 35.4 Å². The summed E-state index contributed by atoms with van der Waals surface area (Å²) in [6.45, 7) is 4.09. The molecular weight excluding hydrogens is 393 g/mol. The topological polar surface area (TPSA) is 64.1 Å². The molecule has 0 aliphatic carbocycles. The van der Waals surface area contributed by atoms with Crippen LogP contribution in [0.3, 0.4) is 0 Å². The summed E-state index contributed by atoms with van der Waals surface area (Å²) in [6.07, 6.45) is 4.14. The van der Waals surface area contributed by atoms with Crippen LogP contribution in [0.25, 0.3) is 11.3 Å². The number of amides is 1. The van der Waals surface area contributed by atoms with Crippen LogP contribution in [-0.4, -0.2) is 28.5 Å². The predicted molar refractivity (Wildman–Crippen MR) is 117 cm³/mol. The van der Waals surface area contributed by atoms with Gasteiger partial charge in [-0.05, 0) is 44.4 Å². The second-order valence-electron chi connectivity index (χ2n) is 7.97. The minimum Gasteiger partial charge on any atom is -0.487 e. The van der Waals surface area contributed by atoms with E-state index in [4.69, 9.17) is 4.74 Å². The first-order chi connectivity index (χ1) is 15.0. The van der Waals surface area contributed by atoms with Crippen LogP contribution in [0.15, 0.2) is 48.7 Å². The second-order valence-corrected chi connectivity index (χ2v) is 7.97. The second kappa shape index (κ2) is 9.25. The summed E-state index contributed by atoms with van der Waals surface area (Å²) in [5, 5.41) is 2.95. The number of hydrogen-bond donors (Lipinski definition) is 1. The van der Waals surface area contributed by atoms with Crippen LogP contribution < -0.4 is 10.1 Å². The fourth-order valence-electron chi connectivity index (χ4n) is 3.89. The van der Waals surface area contributed by atoms with Gasteiger partial charge in [-0.15, -0.1) is 0 Å².